The van der Waals surface area contributed by atoms with Crippen LogP contribution in [0.5, 0.6) is 0 Å². The first-order chi connectivity index (χ1) is 13.2. The first-order valence-corrected chi connectivity index (χ1v) is 10.7. The van der Waals surface area contributed by atoms with Crippen LogP contribution in [-0.4, -0.2) is 45.7 Å². The zero-order valence-corrected chi connectivity index (χ0v) is 17.0. The van der Waals surface area contributed by atoms with Crippen LogP contribution in [0.4, 0.5) is 5.95 Å². The molecule has 27 heavy (non-hydrogen) atoms. The highest BCUT2D eigenvalue weighted by atomic mass is 32.2. The van der Waals surface area contributed by atoms with Crippen LogP contribution in [0.1, 0.15) is 46.0 Å². The minimum Gasteiger partial charge on any atom is -0.465 e. The second kappa shape index (κ2) is 9.78. The van der Waals surface area contributed by atoms with Crippen molar-refractivity contribution in [1.82, 2.24) is 14.8 Å². The van der Waals surface area contributed by atoms with Gasteiger partial charge >= 0.3 is 5.97 Å². The number of esters is 1. The lowest BCUT2D eigenvalue weighted by atomic mass is 10.1. The number of para-hydroxylation sites is 1. The smallest absolute Gasteiger partial charge is 0.319 e. The molecular formula is C20H28N4O2S. The second-order valence-electron chi connectivity index (χ2n) is 6.78. The Kier molecular flexibility index (Phi) is 7.15. The van der Waals surface area contributed by atoms with E-state index in [9.17, 15) is 4.79 Å². The standard InChI is InChI=1S/C20H28N4O2S/c1-3-4-15-26-18(25)16(2)27-20-22-21-19(23-13-9-6-10-14-23)24(20)17-11-7-5-8-12-17/h5,7-8,11-12,16H,3-4,6,9-10,13-15H2,1-2H3. The Bertz CT molecular complexity index is 729. The third-order valence-electron chi connectivity index (χ3n) is 4.63. The van der Waals surface area contributed by atoms with Crippen LogP contribution in [-0.2, 0) is 9.53 Å². The van der Waals surface area contributed by atoms with Gasteiger partial charge in [-0.2, -0.15) is 0 Å². The number of aromatic nitrogens is 3. The summed E-state index contributed by atoms with van der Waals surface area (Å²) >= 11 is 1.40. The normalized spacial score (nSPS) is 15.6. The van der Waals surface area contributed by atoms with Gasteiger partial charge in [0.1, 0.15) is 5.25 Å². The average Bonchev–Trinajstić information content (AvgIpc) is 3.13. The fourth-order valence-electron chi connectivity index (χ4n) is 3.08. The Morgan fingerprint density at radius 1 is 1.19 bits per heavy atom. The van der Waals surface area contributed by atoms with Crippen LogP contribution in [0, 0.1) is 0 Å². The summed E-state index contributed by atoms with van der Waals surface area (Å²) < 4.78 is 7.42. The summed E-state index contributed by atoms with van der Waals surface area (Å²) in [4.78, 5) is 14.6. The summed E-state index contributed by atoms with van der Waals surface area (Å²) in [5.41, 5.74) is 1.01. The fourth-order valence-corrected chi connectivity index (χ4v) is 3.94. The van der Waals surface area contributed by atoms with E-state index in [2.05, 4.69) is 26.6 Å². The third kappa shape index (κ3) is 5.03. The van der Waals surface area contributed by atoms with Gasteiger partial charge in [0, 0.05) is 13.1 Å². The highest BCUT2D eigenvalue weighted by Crippen LogP contribution is 2.30. The highest BCUT2D eigenvalue weighted by molar-refractivity contribution is 8.00. The van der Waals surface area contributed by atoms with Crippen molar-refractivity contribution < 1.29 is 9.53 Å². The van der Waals surface area contributed by atoms with Gasteiger partial charge in [-0.1, -0.05) is 43.3 Å². The number of rotatable bonds is 8. The molecule has 2 heterocycles. The molecular weight excluding hydrogens is 360 g/mol. The number of hydrogen-bond acceptors (Lipinski definition) is 6. The van der Waals surface area contributed by atoms with Gasteiger partial charge in [-0.15, -0.1) is 10.2 Å². The summed E-state index contributed by atoms with van der Waals surface area (Å²) in [5, 5.41) is 9.28. The number of thioether (sulfide) groups is 1. The first-order valence-electron chi connectivity index (χ1n) is 9.79. The van der Waals surface area contributed by atoms with Crippen LogP contribution in [0.2, 0.25) is 0 Å². The molecule has 2 aromatic rings. The molecule has 146 valence electrons. The van der Waals surface area contributed by atoms with Crippen LogP contribution >= 0.6 is 11.8 Å². The molecule has 1 aliphatic rings. The van der Waals surface area contributed by atoms with Crippen LogP contribution in [0.3, 0.4) is 0 Å². The Morgan fingerprint density at radius 3 is 2.63 bits per heavy atom. The predicted octanol–water partition coefficient (Wildman–Crippen LogP) is 4.08. The number of anilines is 1. The van der Waals surface area contributed by atoms with E-state index in [1.165, 1.54) is 31.0 Å². The monoisotopic (exact) mass is 388 g/mol. The van der Waals surface area contributed by atoms with E-state index in [0.29, 0.717) is 6.61 Å². The van der Waals surface area contributed by atoms with E-state index in [1.807, 2.05) is 37.3 Å². The summed E-state index contributed by atoms with van der Waals surface area (Å²) in [6.45, 7) is 6.40. The number of ether oxygens (including phenoxy) is 1. The summed E-state index contributed by atoms with van der Waals surface area (Å²) in [7, 11) is 0. The molecule has 1 atom stereocenters. The van der Waals surface area contributed by atoms with Gasteiger partial charge < -0.3 is 9.64 Å². The molecule has 1 aromatic heterocycles. The Morgan fingerprint density at radius 2 is 1.93 bits per heavy atom. The van der Waals surface area contributed by atoms with Crippen molar-refractivity contribution in [2.24, 2.45) is 0 Å². The average molecular weight is 389 g/mol. The Labute approximate surface area is 165 Å². The second-order valence-corrected chi connectivity index (χ2v) is 8.09. The zero-order valence-electron chi connectivity index (χ0n) is 16.1. The number of unbranched alkanes of at least 4 members (excludes halogenated alkanes) is 1. The predicted molar refractivity (Wildman–Crippen MR) is 109 cm³/mol. The van der Waals surface area contributed by atoms with Crippen LogP contribution < -0.4 is 4.90 Å². The topological polar surface area (TPSA) is 60.2 Å². The molecule has 0 bridgehead atoms. The van der Waals surface area contributed by atoms with Crippen molar-refractivity contribution in [2.75, 3.05) is 24.6 Å². The summed E-state index contributed by atoms with van der Waals surface area (Å²) in [6.07, 6.45) is 5.51. The number of hydrogen-bond donors (Lipinski definition) is 0. The number of piperidine rings is 1. The Hall–Kier alpha value is -2.02. The molecule has 1 unspecified atom stereocenters. The molecule has 0 saturated carbocycles. The van der Waals surface area contributed by atoms with Crippen molar-refractivity contribution >= 4 is 23.7 Å². The molecule has 0 spiro atoms. The number of benzene rings is 1. The lowest BCUT2D eigenvalue weighted by Crippen LogP contribution is -2.31. The third-order valence-corrected chi connectivity index (χ3v) is 5.65. The molecule has 7 heteroatoms. The zero-order chi connectivity index (χ0) is 19.1. The lowest BCUT2D eigenvalue weighted by molar-refractivity contribution is -0.142. The van der Waals surface area contributed by atoms with Crippen molar-refractivity contribution in [3.05, 3.63) is 30.3 Å². The lowest BCUT2D eigenvalue weighted by Gasteiger charge is -2.27. The van der Waals surface area contributed by atoms with E-state index in [0.717, 1.165) is 42.7 Å². The molecule has 0 aliphatic carbocycles. The molecule has 3 rings (SSSR count). The van der Waals surface area contributed by atoms with Crippen molar-refractivity contribution in [3.63, 3.8) is 0 Å². The van der Waals surface area contributed by atoms with E-state index in [1.54, 1.807) is 0 Å². The van der Waals surface area contributed by atoms with Crippen molar-refractivity contribution in [3.8, 4) is 5.69 Å². The van der Waals surface area contributed by atoms with Gasteiger partial charge in [0.15, 0.2) is 5.16 Å². The molecule has 0 N–H and O–H groups in total. The van der Waals surface area contributed by atoms with E-state index in [4.69, 9.17) is 4.74 Å². The van der Waals surface area contributed by atoms with E-state index >= 15 is 0 Å². The maximum atomic E-state index is 12.3. The number of carbonyl (C=O) groups is 1. The SMILES string of the molecule is CCCCOC(=O)C(C)Sc1nnc(N2CCCCC2)n1-c1ccccc1. The van der Waals surface area contributed by atoms with Crippen LogP contribution in [0.25, 0.3) is 5.69 Å². The minimum atomic E-state index is -0.331. The fraction of sp³-hybridized carbons (Fsp3) is 0.550. The highest BCUT2D eigenvalue weighted by Gasteiger charge is 2.25. The molecule has 1 aromatic carbocycles. The van der Waals surface area contributed by atoms with Gasteiger partial charge in [-0.3, -0.25) is 9.36 Å². The quantitative estimate of drug-likeness (QED) is 0.386. The molecule has 1 saturated heterocycles. The van der Waals surface area contributed by atoms with Crippen molar-refractivity contribution in [1.29, 1.82) is 0 Å². The summed E-state index contributed by atoms with van der Waals surface area (Å²) in [6, 6.07) is 10.1. The first kappa shape index (κ1) is 19.7. The molecule has 0 radical (unpaired) electrons. The van der Waals surface area contributed by atoms with Gasteiger partial charge in [-0.05, 0) is 44.7 Å². The minimum absolute atomic E-state index is 0.199. The van der Waals surface area contributed by atoms with Gasteiger partial charge in [0.2, 0.25) is 5.95 Å². The largest absolute Gasteiger partial charge is 0.465 e. The van der Waals surface area contributed by atoms with E-state index in [-0.39, 0.29) is 11.2 Å². The van der Waals surface area contributed by atoms with Crippen molar-refractivity contribution in [2.45, 2.75) is 56.4 Å². The van der Waals surface area contributed by atoms with Gasteiger partial charge in [0.05, 0.1) is 12.3 Å². The molecule has 6 nitrogen and oxygen atoms in total. The van der Waals surface area contributed by atoms with Crippen LogP contribution in [0.15, 0.2) is 35.5 Å². The Balaban J connectivity index is 1.82. The number of carbonyl (C=O) groups excluding carboxylic acids is 1. The maximum Gasteiger partial charge on any atom is 0.319 e. The van der Waals surface area contributed by atoms with Gasteiger partial charge in [0.25, 0.3) is 0 Å². The molecule has 0 amide bonds. The maximum absolute atomic E-state index is 12.3. The summed E-state index contributed by atoms with van der Waals surface area (Å²) in [5.74, 6) is 0.658. The van der Waals surface area contributed by atoms with E-state index < -0.39 is 0 Å². The molecule has 1 fully saturated rings. The number of nitrogens with zero attached hydrogens (tertiary/aromatic N) is 4. The molecule has 1 aliphatic heterocycles. The van der Waals surface area contributed by atoms with Gasteiger partial charge in [-0.25, -0.2) is 0 Å².